The first-order chi connectivity index (χ1) is 30.8. The minimum Gasteiger partial charge on any atom is -0.460 e. The molecule has 3 aliphatic rings. The Balaban J connectivity index is 0.000000346. The largest absolute Gasteiger partial charge is 3.00 e. The number of benzene rings is 2. The van der Waals surface area contributed by atoms with Crippen LogP contribution in [0, 0.1) is 18.3 Å². The summed E-state index contributed by atoms with van der Waals surface area (Å²) in [6.07, 6.45) is 12.6. The SMILES string of the molecule is CCN(CC)C1C=Cc2c(oc3cc(=[N+](CC)CC)c(C)cc-3c2-c2ccccc2C(=O)N(C)CCC#N)C1.Cl.Cl.[Ru+3].c1ccc(-c2ccccn2)nc1.c1ccc(-c2ccccn2)nc1. The molecule has 1 aliphatic heterocycles. The number of hydrogen-bond donors (Lipinski definition) is 0. The standard InChI is InChI=1S/C33H41N4O2.2C10H8N2.2ClH.Ru/c1-7-36(8-2)24-16-17-27-30(21-24)39-31-22-29(37(9-3)10-4)23(5)20-28(31)32(27)25-14-11-12-15-26(25)33(38)35(6)19-13-18-34;2*1-3-7-11-9(5-1)10-6-2-4-8-12-10;;;/h11-12,14-17,20,22,24H,7-10,13,19,21H2,1-6H3;2*1-8H;2*1H;/q+1;;;;;+3. The summed E-state index contributed by atoms with van der Waals surface area (Å²) < 4.78 is 9.07. The van der Waals surface area contributed by atoms with E-state index in [1.807, 2.05) is 97.1 Å². The molecule has 0 spiro atoms. The summed E-state index contributed by atoms with van der Waals surface area (Å²) in [4.78, 5) is 34.4. The van der Waals surface area contributed by atoms with Crippen LogP contribution in [-0.4, -0.2) is 81.5 Å². The fraction of sp³-hybridized carbons (Fsp3) is 0.264. The van der Waals surface area contributed by atoms with Crippen LogP contribution >= 0.6 is 24.8 Å². The number of aryl methyl sites for hydroxylation is 1. The topological polar surface area (TPSA) is 115 Å². The van der Waals surface area contributed by atoms with Crippen molar-refractivity contribution in [1.29, 1.82) is 5.26 Å². The summed E-state index contributed by atoms with van der Waals surface area (Å²) in [5, 5.41) is 10.2. The Morgan fingerprint density at radius 2 is 1.24 bits per heavy atom. The van der Waals surface area contributed by atoms with Crippen LogP contribution in [-0.2, 0) is 25.9 Å². The van der Waals surface area contributed by atoms with E-state index >= 15 is 0 Å². The molecular formula is C53H59Cl2N8O2Ru+4. The smallest absolute Gasteiger partial charge is 0.460 e. The zero-order valence-electron chi connectivity index (χ0n) is 38.4. The summed E-state index contributed by atoms with van der Waals surface area (Å²) in [6, 6.07) is 37.8. The molecule has 13 heteroatoms. The van der Waals surface area contributed by atoms with Gasteiger partial charge in [0.25, 0.3) is 5.91 Å². The van der Waals surface area contributed by atoms with Gasteiger partial charge >= 0.3 is 19.5 Å². The van der Waals surface area contributed by atoms with Crippen LogP contribution in [0.15, 0.2) is 144 Å². The molecule has 10 nitrogen and oxygen atoms in total. The van der Waals surface area contributed by atoms with E-state index in [9.17, 15) is 4.79 Å². The van der Waals surface area contributed by atoms with Crippen molar-refractivity contribution in [1.82, 2.24) is 34.3 Å². The molecule has 4 aromatic heterocycles. The van der Waals surface area contributed by atoms with Crippen LogP contribution < -0.4 is 9.93 Å². The molecule has 1 amide bonds. The first kappa shape index (κ1) is 54.4. The van der Waals surface area contributed by atoms with Gasteiger partial charge in [0.1, 0.15) is 24.6 Å². The molecule has 5 aromatic rings. The molecule has 1 aromatic carbocycles. The van der Waals surface area contributed by atoms with Gasteiger partial charge in [-0.2, -0.15) is 5.26 Å². The van der Waals surface area contributed by atoms with Gasteiger partial charge in [0, 0.05) is 78.7 Å². The number of aromatic nitrogens is 4. The Hall–Kier alpha value is -5.89. The Morgan fingerprint density at radius 1 is 0.742 bits per heavy atom. The first-order valence-electron chi connectivity index (χ1n) is 21.8. The summed E-state index contributed by atoms with van der Waals surface area (Å²) in [7, 11) is 1.76. The van der Waals surface area contributed by atoms with E-state index in [4.69, 9.17) is 9.68 Å². The Bertz CT molecular complexity index is 2520. The molecule has 341 valence electrons. The van der Waals surface area contributed by atoms with Gasteiger partial charge in [-0.15, -0.1) is 24.8 Å². The first-order valence-corrected chi connectivity index (χ1v) is 21.8. The third kappa shape index (κ3) is 13.6. The van der Waals surface area contributed by atoms with E-state index in [0.29, 0.717) is 18.5 Å². The number of hydrogen-bond acceptors (Lipinski definition) is 8. The molecule has 0 saturated carbocycles. The van der Waals surface area contributed by atoms with Crippen LogP contribution in [0.25, 0.3) is 51.3 Å². The van der Waals surface area contributed by atoms with Crippen molar-refractivity contribution < 1.29 is 28.7 Å². The Kier molecular flexibility index (Phi) is 22.7. The van der Waals surface area contributed by atoms with Crippen molar-refractivity contribution in [2.45, 2.75) is 53.5 Å². The second kappa shape index (κ2) is 27.6. The average molecular weight is 1010 g/mol. The molecule has 1 radical (unpaired) electrons. The van der Waals surface area contributed by atoms with Gasteiger partial charge in [-0.05, 0) is 100 Å². The predicted molar refractivity (Wildman–Crippen MR) is 268 cm³/mol. The third-order valence-electron chi connectivity index (χ3n) is 11.2. The van der Waals surface area contributed by atoms with Crippen LogP contribution in [0.1, 0.15) is 61.4 Å². The molecule has 1 unspecified atom stereocenters. The number of amides is 1. The quantitative estimate of drug-likeness (QED) is 0.0930. The van der Waals surface area contributed by atoms with E-state index in [1.165, 1.54) is 10.9 Å². The van der Waals surface area contributed by atoms with E-state index in [0.717, 1.165) is 89.1 Å². The Labute approximate surface area is 415 Å². The second-order valence-electron chi connectivity index (χ2n) is 15.0. The number of nitriles is 1. The molecular weight excluding hydrogens is 953 g/mol. The van der Waals surface area contributed by atoms with Crippen LogP contribution in [0.4, 0.5) is 0 Å². The number of fused-ring (bicyclic) bond motifs is 2. The van der Waals surface area contributed by atoms with Crippen LogP contribution in [0.3, 0.4) is 0 Å². The minimum absolute atomic E-state index is 0. The fourth-order valence-corrected chi connectivity index (χ4v) is 7.83. The zero-order chi connectivity index (χ0) is 44.6. The van der Waals surface area contributed by atoms with Crippen molar-refractivity contribution in [2.75, 3.05) is 39.8 Å². The van der Waals surface area contributed by atoms with Gasteiger partial charge in [-0.3, -0.25) is 29.6 Å². The van der Waals surface area contributed by atoms with Gasteiger partial charge in [0.15, 0.2) is 0 Å². The maximum Gasteiger partial charge on any atom is 3.00 e. The van der Waals surface area contributed by atoms with E-state index in [1.54, 1.807) is 36.7 Å². The second-order valence-corrected chi connectivity index (χ2v) is 15.0. The van der Waals surface area contributed by atoms with Gasteiger partial charge in [0.05, 0.1) is 41.3 Å². The van der Waals surface area contributed by atoms with Gasteiger partial charge in [-0.1, -0.05) is 68.5 Å². The summed E-state index contributed by atoms with van der Waals surface area (Å²) in [5.41, 5.74) is 9.45. The number of carbonyl (C=O) groups is 1. The number of likely N-dealkylation sites (N-methyl/N-ethyl adjacent to an activating group) is 1. The molecule has 8 rings (SSSR count). The number of pyridine rings is 4. The minimum atomic E-state index is -0.0826. The van der Waals surface area contributed by atoms with Gasteiger partial charge in [0.2, 0.25) is 5.36 Å². The summed E-state index contributed by atoms with van der Waals surface area (Å²) >= 11 is 0. The number of nitrogens with zero attached hydrogens (tertiary/aromatic N) is 8. The summed E-state index contributed by atoms with van der Waals surface area (Å²) in [6.45, 7) is 15.1. The van der Waals surface area contributed by atoms with Crippen molar-refractivity contribution in [3.8, 4) is 51.3 Å². The molecule has 0 saturated heterocycles. The predicted octanol–water partition coefficient (Wildman–Crippen LogP) is 10.6. The van der Waals surface area contributed by atoms with Crippen molar-refractivity contribution in [3.63, 3.8) is 0 Å². The van der Waals surface area contributed by atoms with Gasteiger partial charge < -0.3 is 9.32 Å². The maximum absolute atomic E-state index is 13.6. The van der Waals surface area contributed by atoms with E-state index in [2.05, 4.69) is 94.4 Å². The molecule has 2 aliphatic carbocycles. The molecule has 0 N–H and O–H groups in total. The zero-order valence-corrected chi connectivity index (χ0v) is 41.8. The van der Waals surface area contributed by atoms with Crippen LogP contribution in [0.5, 0.6) is 0 Å². The molecule has 1 atom stereocenters. The molecule has 0 bridgehead atoms. The maximum atomic E-state index is 13.6. The van der Waals surface area contributed by atoms with E-state index in [-0.39, 0.29) is 56.2 Å². The van der Waals surface area contributed by atoms with E-state index < -0.39 is 0 Å². The average Bonchev–Trinajstić information content (AvgIpc) is 3.35. The fourth-order valence-electron chi connectivity index (χ4n) is 7.83. The molecule has 0 fully saturated rings. The Morgan fingerprint density at radius 3 is 1.70 bits per heavy atom. The third-order valence-corrected chi connectivity index (χ3v) is 11.2. The summed E-state index contributed by atoms with van der Waals surface area (Å²) in [5.74, 6) is 1.71. The van der Waals surface area contributed by atoms with Crippen molar-refractivity contribution in [3.05, 3.63) is 168 Å². The van der Waals surface area contributed by atoms with Crippen molar-refractivity contribution in [2.24, 2.45) is 0 Å². The normalized spacial score (nSPS) is 12.0. The number of halogens is 2. The molecule has 5 heterocycles. The number of rotatable bonds is 11. The van der Waals surface area contributed by atoms with Gasteiger partial charge in [-0.25, -0.2) is 4.58 Å². The number of carbonyl (C=O) groups excluding carboxylic acids is 1. The monoisotopic (exact) mass is 1010 g/mol. The van der Waals surface area contributed by atoms with Crippen molar-refractivity contribution >= 4 is 36.8 Å². The molecule has 66 heavy (non-hydrogen) atoms. The van der Waals surface area contributed by atoms with Crippen LogP contribution in [0.2, 0.25) is 0 Å².